The molecule has 0 saturated carbocycles. The van der Waals surface area contributed by atoms with Crippen molar-refractivity contribution < 1.29 is 0 Å². The molecule has 0 aliphatic heterocycles. The lowest BCUT2D eigenvalue weighted by Gasteiger charge is -2.28. The first-order valence-corrected chi connectivity index (χ1v) is 6.29. The van der Waals surface area contributed by atoms with E-state index in [0.29, 0.717) is 5.92 Å². The van der Waals surface area contributed by atoms with Gasteiger partial charge in [-0.05, 0) is 31.7 Å². The van der Waals surface area contributed by atoms with E-state index in [4.69, 9.17) is 5.73 Å². The normalized spacial score (nSPS) is 14.3. The van der Waals surface area contributed by atoms with Gasteiger partial charge in [-0.25, -0.2) is 4.98 Å². The SMILES string of the molecule is Cc1nc(CC(CN)C(C)(C)C)sc1C. The average molecular weight is 226 g/mol. The molecule has 0 spiro atoms. The molecule has 0 amide bonds. The topological polar surface area (TPSA) is 38.9 Å². The second-order valence-corrected chi connectivity index (χ2v) is 6.54. The highest BCUT2D eigenvalue weighted by Crippen LogP contribution is 2.30. The molecule has 0 bridgehead atoms. The zero-order valence-corrected chi connectivity index (χ0v) is 11.2. The first-order valence-electron chi connectivity index (χ1n) is 5.47. The third-order valence-electron chi connectivity index (χ3n) is 3.00. The van der Waals surface area contributed by atoms with Gasteiger partial charge in [0.1, 0.15) is 0 Å². The van der Waals surface area contributed by atoms with Crippen LogP contribution in [-0.4, -0.2) is 11.5 Å². The van der Waals surface area contributed by atoms with Crippen LogP contribution in [0.2, 0.25) is 0 Å². The zero-order chi connectivity index (χ0) is 11.6. The smallest absolute Gasteiger partial charge is 0.0934 e. The van der Waals surface area contributed by atoms with Crippen LogP contribution < -0.4 is 5.73 Å². The summed E-state index contributed by atoms with van der Waals surface area (Å²) in [4.78, 5) is 5.90. The molecule has 1 aromatic rings. The molecule has 0 radical (unpaired) electrons. The lowest BCUT2D eigenvalue weighted by Crippen LogP contribution is -2.29. The van der Waals surface area contributed by atoms with Gasteiger partial charge in [-0.2, -0.15) is 0 Å². The van der Waals surface area contributed by atoms with Crippen LogP contribution in [0.1, 0.15) is 36.3 Å². The number of rotatable bonds is 3. The van der Waals surface area contributed by atoms with Gasteiger partial charge in [0.15, 0.2) is 0 Å². The summed E-state index contributed by atoms with van der Waals surface area (Å²) in [6, 6.07) is 0. The third kappa shape index (κ3) is 3.28. The monoisotopic (exact) mass is 226 g/mol. The molecular weight excluding hydrogens is 204 g/mol. The molecule has 1 unspecified atom stereocenters. The molecule has 1 aromatic heterocycles. The van der Waals surface area contributed by atoms with Crippen LogP contribution in [0.15, 0.2) is 0 Å². The summed E-state index contributed by atoms with van der Waals surface area (Å²) >= 11 is 1.81. The van der Waals surface area contributed by atoms with Crippen molar-refractivity contribution in [1.29, 1.82) is 0 Å². The van der Waals surface area contributed by atoms with Gasteiger partial charge in [0.2, 0.25) is 0 Å². The summed E-state index contributed by atoms with van der Waals surface area (Å²) < 4.78 is 0. The number of hydrogen-bond donors (Lipinski definition) is 1. The molecule has 1 atom stereocenters. The summed E-state index contributed by atoms with van der Waals surface area (Å²) in [5, 5.41) is 1.23. The Labute approximate surface area is 96.9 Å². The van der Waals surface area contributed by atoms with Gasteiger partial charge in [0.25, 0.3) is 0 Å². The molecule has 1 heterocycles. The van der Waals surface area contributed by atoms with E-state index in [9.17, 15) is 0 Å². The number of aromatic nitrogens is 1. The van der Waals surface area contributed by atoms with Gasteiger partial charge in [-0.15, -0.1) is 11.3 Å². The van der Waals surface area contributed by atoms with Crippen molar-refractivity contribution in [1.82, 2.24) is 4.98 Å². The van der Waals surface area contributed by atoms with Crippen molar-refractivity contribution in [3.8, 4) is 0 Å². The number of hydrogen-bond acceptors (Lipinski definition) is 3. The highest BCUT2D eigenvalue weighted by molar-refractivity contribution is 7.11. The Kier molecular flexibility index (Phi) is 3.90. The van der Waals surface area contributed by atoms with Crippen LogP contribution in [0.3, 0.4) is 0 Å². The number of nitrogens with two attached hydrogens (primary N) is 1. The van der Waals surface area contributed by atoms with E-state index in [2.05, 4.69) is 39.6 Å². The number of aryl methyl sites for hydroxylation is 2. The Morgan fingerprint density at radius 1 is 1.33 bits per heavy atom. The minimum atomic E-state index is 0.266. The van der Waals surface area contributed by atoms with E-state index in [0.717, 1.165) is 13.0 Å². The van der Waals surface area contributed by atoms with Crippen molar-refractivity contribution in [2.75, 3.05) is 6.54 Å². The predicted octanol–water partition coefficient (Wildman–Crippen LogP) is 2.92. The lowest BCUT2D eigenvalue weighted by molar-refractivity contribution is 0.245. The van der Waals surface area contributed by atoms with Crippen molar-refractivity contribution in [2.45, 2.75) is 41.0 Å². The second kappa shape index (κ2) is 4.62. The molecule has 2 nitrogen and oxygen atoms in total. The van der Waals surface area contributed by atoms with E-state index in [1.54, 1.807) is 0 Å². The first kappa shape index (κ1) is 12.7. The third-order valence-corrected chi connectivity index (χ3v) is 4.10. The average Bonchev–Trinajstić information content (AvgIpc) is 2.40. The minimum Gasteiger partial charge on any atom is -0.330 e. The van der Waals surface area contributed by atoms with Crippen LogP contribution in [0, 0.1) is 25.2 Å². The van der Waals surface area contributed by atoms with Crippen LogP contribution in [-0.2, 0) is 6.42 Å². The summed E-state index contributed by atoms with van der Waals surface area (Å²) in [5.74, 6) is 0.516. The van der Waals surface area contributed by atoms with Gasteiger partial charge < -0.3 is 5.73 Å². The number of nitrogens with zero attached hydrogens (tertiary/aromatic N) is 1. The molecule has 86 valence electrons. The van der Waals surface area contributed by atoms with Crippen LogP contribution >= 0.6 is 11.3 Å². The maximum absolute atomic E-state index is 5.83. The van der Waals surface area contributed by atoms with Crippen molar-refractivity contribution in [2.24, 2.45) is 17.1 Å². The predicted molar refractivity (Wildman–Crippen MR) is 67.3 cm³/mol. The van der Waals surface area contributed by atoms with E-state index in [1.165, 1.54) is 15.6 Å². The molecule has 2 N–H and O–H groups in total. The van der Waals surface area contributed by atoms with Gasteiger partial charge in [0, 0.05) is 11.3 Å². The molecule has 15 heavy (non-hydrogen) atoms. The maximum Gasteiger partial charge on any atom is 0.0934 e. The fourth-order valence-corrected chi connectivity index (χ4v) is 2.59. The highest BCUT2D eigenvalue weighted by atomic mass is 32.1. The van der Waals surface area contributed by atoms with E-state index >= 15 is 0 Å². The lowest BCUT2D eigenvalue weighted by atomic mass is 9.79. The fraction of sp³-hybridized carbons (Fsp3) is 0.750. The Bertz CT molecular complexity index is 303. The van der Waals surface area contributed by atoms with Crippen LogP contribution in [0.5, 0.6) is 0 Å². The molecule has 0 fully saturated rings. The Balaban J connectivity index is 2.75. The second-order valence-electron chi connectivity index (χ2n) is 5.25. The molecular formula is C12H22N2S. The summed E-state index contributed by atoms with van der Waals surface area (Å²) in [6.45, 7) is 11.7. The van der Waals surface area contributed by atoms with Gasteiger partial charge >= 0.3 is 0 Å². The van der Waals surface area contributed by atoms with E-state index in [1.807, 2.05) is 11.3 Å². The summed E-state index contributed by atoms with van der Waals surface area (Å²) in [6.07, 6.45) is 1.01. The molecule has 3 heteroatoms. The Morgan fingerprint density at radius 3 is 2.27 bits per heavy atom. The highest BCUT2D eigenvalue weighted by Gasteiger charge is 2.24. The summed E-state index contributed by atoms with van der Waals surface area (Å²) in [5.41, 5.74) is 7.26. The largest absolute Gasteiger partial charge is 0.330 e. The van der Waals surface area contributed by atoms with E-state index < -0.39 is 0 Å². The maximum atomic E-state index is 5.83. The van der Waals surface area contributed by atoms with E-state index in [-0.39, 0.29) is 5.41 Å². The van der Waals surface area contributed by atoms with Crippen LogP contribution in [0.4, 0.5) is 0 Å². The molecule has 0 saturated heterocycles. The zero-order valence-electron chi connectivity index (χ0n) is 10.4. The minimum absolute atomic E-state index is 0.266. The first-order chi connectivity index (χ1) is 6.84. The standard InChI is InChI=1S/C12H22N2S/c1-8-9(2)15-11(14-8)6-10(7-13)12(3,4)5/h10H,6-7,13H2,1-5H3. The van der Waals surface area contributed by atoms with Crippen LogP contribution in [0.25, 0.3) is 0 Å². The molecule has 0 aliphatic carbocycles. The Hall–Kier alpha value is -0.410. The van der Waals surface area contributed by atoms with Gasteiger partial charge in [-0.3, -0.25) is 0 Å². The van der Waals surface area contributed by atoms with Crippen molar-refractivity contribution in [3.63, 3.8) is 0 Å². The van der Waals surface area contributed by atoms with Gasteiger partial charge in [-0.1, -0.05) is 20.8 Å². The molecule has 1 rings (SSSR count). The molecule has 0 aliphatic rings. The van der Waals surface area contributed by atoms with Gasteiger partial charge in [0.05, 0.1) is 10.7 Å². The fourth-order valence-electron chi connectivity index (χ4n) is 1.58. The van der Waals surface area contributed by atoms with Crippen molar-refractivity contribution >= 4 is 11.3 Å². The summed E-state index contributed by atoms with van der Waals surface area (Å²) in [7, 11) is 0. The number of thiazole rings is 1. The van der Waals surface area contributed by atoms with Crippen molar-refractivity contribution in [3.05, 3.63) is 15.6 Å². The molecule has 0 aromatic carbocycles. The quantitative estimate of drug-likeness (QED) is 0.860. The Morgan fingerprint density at radius 2 is 1.93 bits per heavy atom.